The number of halogens is 1. The molecule has 8 heteroatoms. The van der Waals surface area contributed by atoms with E-state index in [4.69, 9.17) is 27.3 Å². The fourth-order valence-corrected chi connectivity index (χ4v) is 1.75. The number of benzene rings is 1. The van der Waals surface area contributed by atoms with E-state index in [9.17, 15) is 0 Å². The Labute approximate surface area is 127 Å². The fraction of sp³-hybridized carbons (Fsp3) is 0.231. The van der Waals surface area contributed by atoms with Gasteiger partial charge in [0.05, 0.1) is 16.7 Å². The molecule has 0 radical (unpaired) electrons. The third-order valence-electron chi connectivity index (χ3n) is 2.50. The Morgan fingerprint density at radius 3 is 2.71 bits per heavy atom. The van der Waals surface area contributed by atoms with Crippen molar-refractivity contribution < 1.29 is 4.74 Å². The summed E-state index contributed by atoms with van der Waals surface area (Å²) in [7, 11) is 3.60. The number of hydrogen-bond acceptors (Lipinski definition) is 7. The number of aromatic nitrogens is 3. The summed E-state index contributed by atoms with van der Waals surface area (Å²) in [5.74, 6) is 1.41. The summed E-state index contributed by atoms with van der Waals surface area (Å²) in [5.41, 5.74) is 6.09. The summed E-state index contributed by atoms with van der Waals surface area (Å²) in [5, 5.41) is 9.13. The van der Waals surface area contributed by atoms with Gasteiger partial charge in [0.15, 0.2) is 5.82 Å². The normalized spacial score (nSPS) is 10.0. The summed E-state index contributed by atoms with van der Waals surface area (Å²) in [6.07, 6.45) is 0. The Morgan fingerprint density at radius 1 is 1.33 bits per heavy atom. The van der Waals surface area contributed by atoms with Crippen molar-refractivity contribution in [2.24, 2.45) is 0 Å². The van der Waals surface area contributed by atoms with Gasteiger partial charge in [0.1, 0.15) is 12.4 Å². The van der Waals surface area contributed by atoms with E-state index in [1.165, 1.54) is 6.07 Å². The number of rotatable bonds is 4. The van der Waals surface area contributed by atoms with Crippen molar-refractivity contribution in [3.8, 4) is 11.8 Å². The number of nitrogen functional groups attached to an aromatic ring is 1. The monoisotopic (exact) mass is 304 g/mol. The van der Waals surface area contributed by atoms with Crippen molar-refractivity contribution in [1.29, 1.82) is 5.26 Å². The first-order chi connectivity index (χ1) is 9.99. The van der Waals surface area contributed by atoms with E-state index in [0.29, 0.717) is 28.1 Å². The predicted octanol–water partition coefficient (Wildman–Crippen LogP) is 1.62. The molecule has 2 rings (SSSR count). The highest BCUT2D eigenvalue weighted by Crippen LogP contribution is 2.25. The van der Waals surface area contributed by atoms with Crippen LogP contribution in [0.4, 0.5) is 11.9 Å². The highest BCUT2D eigenvalue weighted by Gasteiger charge is 2.08. The van der Waals surface area contributed by atoms with Crippen LogP contribution in [0.5, 0.6) is 5.75 Å². The number of nitriles is 1. The van der Waals surface area contributed by atoms with Gasteiger partial charge in [-0.15, -0.1) is 0 Å². The van der Waals surface area contributed by atoms with Gasteiger partial charge in [0, 0.05) is 14.1 Å². The van der Waals surface area contributed by atoms with E-state index >= 15 is 0 Å². The van der Waals surface area contributed by atoms with Crippen molar-refractivity contribution >= 4 is 23.5 Å². The molecule has 0 atom stereocenters. The van der Waals surface area contributed by atoms with Gasteiger partial charge in [-0.3, -0.25) is 0 Å². The Bertz CT molecular complexity index is 698. The Kier molecular flexibility index (Phi) is 4.40. The number of ether oxygens (including phenoxy) is 1. The first-order valence-electron chi connectivity index (χ1n) is 6.00. The van der Waals surface area contributed by atoms with Gasteiger partial charge < -0.3 is 15.4 Å². The van der Waals surface area contributed by atoms with Crippen LogP contribution in [0, 0.1) is 11.3 Å². The zero-order valence-corrected chi connectivity index (χ0v) is 12.3. The second kappa shape index (κ2) is 6.24. The summed E-state index contributed by atoms with van der Waals surface area (Å²) in [6, 6.07) is 6.78. The van der Waals surface area contributed by atoms with Crippen molar-refractivity contribution in [1.82, 2.24) is 15.0 Å². The van der Waals surface area contributed by atoms with E-state index in [1.807, 2.05) is 6.07 Å². The lowest BCUT2D eigenvalue weighted by atomic mass is 10.2. The average molecular weight is 305 g/mol. The van der Waals surface area contributed by atoms with E-state index in [2.05, 4.69) is 15.0 Å². The molecule has 0 aliphatic rings. The van der Waals surface area contributed by atoms with Gasteiger partial charge in [0.2, 0.25) is 11.9 Å². The third kappa shape index (κ3) is 3.70. The molecule has 1 heterocycles. The van der Waals surface area contributed by atoms with Crippen LogP contribution in [0.2, 0.25) is 5.02 Å². The largest absolute Gasteiger partial charge is 0.484 e. The number of hydrogen-bond donors (Lipinski definition) is 1. The van der Waals surface area contributed by atoms with E-state index in [-0.39, 0.29) is 12.6 Å². The SMILES string of the molecule is CN(C)c1nc(N)nc(COc2ccc(C#N)cc2Cl)n1. The van der Waals surface area contributed by atoms with Crippen LogP contribution in [0.1, 0.15) is 11.4 Å². The molecule has 1 aromatic carbocycles. The first kappa shape index (κ1) is 14.8. The average Bonchev–Trinajstić information content (AvgIpc) is 2.45. The second-order valence-electron chi connectivity index (χ2n) is 4.35. The van der Waals surface area contributed by atoms with E-state index in [0.717, 1.165) is 0 Å². The molecular weight excluding hydrogens is 292 g/mol. The van der Waals surface area contributed by atoms with Crippen LogP contribution in [-0.4, -0.2) is 29.0 Å². The zero-order chi connectivity index (χ0) is 15.4. The molecule has 7 nitrogen and oxygen atoms in total. The van der Waals surface area contributed by atoms with Crippen LogP contribution in [0.3, 0.4) is 0 Å². The third-order valence-corrected chi connectivity index (χ3v) is 2.80. The smallest absolute Gasteiger partial charge is 0.230 e. The van der Waals surface area contributed by atoms with Gasteiger partial charge in [-0.25, -0.2) is 0 Å². The molecule has 0 saturated heterocycles. The minimum atomic E-state index is 0.0964. The van der Waals surface area contributed by atoms with Crippen molar-refractivity contribution in [2.75, 3.05) is 24.7 Å². The van der Waals surface area contributed by atoms with E-state index < -0.39 is 0 Å². The molecule has 0 fully saturated rings. The molecule has 0 unspecified atom stereocenters. The maximum Gasteiger partial charge on any atom is 0.230 e. The lowest BCUT2D eigenvalue weighted by Gasteiger charge is -2.12. The Hall–Kier alpha value is -2.59. The quantitative estimate of drug-likeness (QED) is 0.915. The highest BCUT2D eigenvalue weighted by molar-refractivity contribution is 6.32. The van der Waals surface area contributed by atoms with Crippen molar-refractivity contribution in [2.45, 2.75) is 6.61 Å². The van der Waals surface area contributed by atoms with Crippen LogP contribution >= 0.6 is 11.6 Å². The van der Waals surface area contributed by atoms with Crippen molar-refractivity contribution in [3.63, 3.8) is 0 Å². The lowest BCUT2D eigenvalue weighted by Crippen LogP contribution is -2.16. The van der Waals surface area contributed by atoms with Crippen LogP contribution in [0.25, 0.3) is 0 Å². The van der Waals surface area contributed by atoms with Crippen LogP contribution < -0.4 is 15.4 Å². The minimum absolute atomic E-state index is 0.0964. The maximum atomic E-state index is 8.78. The predicted molar refractivity (Wildman–Crippen MR) is 79.1 cm³/mol. The van der Waals surface area contributed by atoms with Crippen molar-refractivity contribution in [3.05, 3.63) is 34.6 Å². The van der Waals surface area contributed by atoms with Crippen LogP contribution in [0.15, 0.2) is 18.2 Å². The summed E-state index contributed by atoms with van der Waals surface area (Å²) in [4.78, 5) is 13.9. The Balaban J connectivity index is 2.15. The molecule has 108 valence electrons. The first-order valence-corrected chi connectivity index (χ1v) is 6.37. The molecule has 1 aromatic heterocycles. The molecule has 0 aliphatic heterocycles. The van der Waals surface area contributed by atoms with Gasteiger partial charge in [-0.05, 0) is 18.2 Å². The number of nitrogens with zero attached hydrogens (tertiary/aromatic N) is 5. The molecule has 0 amide bonds. The summed E-state index contributed by atoms with van der Waals surface area (Å²) < 4.78 is 5.54. The topological polar surface area (TPSA) is 101 Å². The molecule has 0 bridgehead atoms. The summed E-state index contributed by atoms with van der Waals surface area (Å²) >= 11 is 6.03. The molecular formula is C13H13ClN6O. The molecule has 0 aliphatic carbocycles. The number of nitrogens with two attached hydrogens (primary N) is 1. The van der Waals surface area contributed by atoms with Gasteiger partial charge in [-0.1, -0.05) is 11.6 Å². The molecule has 21 heavy (non-hydrogen) atoms. The molecule has 2 N–H and O–H groups in total. The summed E-state index contributed by atoms with van der Waals surface area (Å²) in [6.45, 7) is 0.0964. The molecule has 0 saturated carbocycles. The maximum absolute atomic E-state index is 8.78. The van der Waals surface area contributed by atoms with E-state index in [1.54, 1.807) is 31.1 Å². The lowest BCUT2D eigenvalue weighted by molar-refractivity contribution is 0.296. The van der Waals surface area contributed by atoms with Gasteiger partial charge in [0.25, 0.3) is 0 Å². The second-order valence-corrected chi connectivity index (χ2v) is 4.76. The molecule has 0 spiro atoms. The van der Waals surface area contributed by atoms with Gasteiger partial charge >= 0.3 is 0 Å². The standard InChI is InChI=1S/C13H13ClN6O/c1-20(2)13-18-11(17-12(16)19-13)7-21-10-4-3-8(6-15)5-9(10)14/h3-5H,7H2,1-2H3,(H2,16,17,18,19). The van der Waals surface area contributed by atoms with Crippen LogP contribution in [-0.2, 0) is 6.61 Å². The highest BCUT2D eigenvalue weighted by atomic mass is 35.5. The fourth-order valence-electron chi connectivity index (χ4n) is 1.52. The van der Waals surface area contributed by atoms with Gasteiger partial charge in [-0.2, -0.15) is 20.2 Å². The Morgan fingerprint density at radius 2 is 2.10 bits per heavy atom. The molecule has 2 aromatic rings. The zero-order valence-electron chi connectivity index (χ0n) is 11.5. The minimum Gasteiger partial charge on any atom is -0.484 e. The number of anilines is 2.